The Morgan fingerprint density at radius 2 is 1.90 bits per heavy atom. The third kappa shape index (κ3) is 2.30. The number of halogens is 1. The van der Waals surface area contributed by atoms with Crippen LogP contribution in [0.2, 0.25) is 0 Å². The number of hydrogen-bond donors (Lipinski definition) is 0. The van der Waals surface area contributed by atoms with Gasteiger partial charge in [0.1, 0.15) is 10.8 Å². The van der Waals surface area contributed by atoms with E-state index in [0.717, 1.165) is 11.3 Å². The fourth-order valence-corrected chi connectivity index (χ4v) is 5.73. The van der Waals surface area contributed by atoms with E-state index in [2.05, 4.69) is 15.9 Å². The van der Waals surface area contributed by atoms with Crippen LogP contribution >= 0.6 is 27.3 Å². The Kier molecular flexibility index (Phi) is 3.40. The quantitative estimate of drug-likeness (QED) is 0.764. The number of hydrogen-bond acceptors (Lipinski definition) is 6. The zero-order chi connectivity index (χ0) is 15.3. The predicted octanol–water partition coefficient (Wildman–Crippen LogP) is 1.45. The van der Waals surface area contributed by atoms with E-state index >= 15 is 0 Å². The molecule has 9 heteroatoms. The molecule has 110 valence electrons. The van der Waals surface area contributed by atoms with Gasteiger partial charge in [0.2, 0.25) is 0 Å². The molecule has 0 atom stereocenters. The number of allylic oxidation sites excluding steroid dienone is 2. The van der Waals surface area contributed by atoms with Crippen LogP contribution in [0.15, 0.2) is 44.4 Å². The minimum Gasteiger partial charge on any atom is -0.337 e. The predicted molar refractivity (Wildman–Crippen MR) is 78.0 cm³/mol. The Hall–Kier alpha value is -1.29. The number of sulfonamides is 1. The van der Waals surface area contributed by atoms with E-state index in [1.54, 1.807) is 6.07 Å². The summed E-state index contributed by atoms with van der Waals surface area (Å²) in [6, 6.07) is 2.99. The molecule has 0 saturated carbocycles. The highest BCUT2D eigenvalue weighted by Gasteiger charge is 2.51. The van der Waals surface area contributed by atoms with Crippen molar-refractivity contribution in [2.24, 2.45) is 0 Å². The maximum atomic E-state index is 12.7. The standard InChI is InChI=1S/C12H8BrNO5S2/c13-9-1-2-11(20-9)21(17,18)14-10(16)7-19-12(14)5-3-8(15)4-6-12/h1-6H,7H2. The fourth-order valence-electron chi connectivity index (χ4n) is 2.08. The number of rotatable bonds is 2. The van der Waals surface area contributed by atoms with Gasteiger partial charge in [0.15, 0.2) is 11.5 Å². The van der Waals surface area contributed by atoms with Gasteiger partial charge in [0.25, 0.3) is 15.9 Å². The summed E-state index contributed by atoms with van der Waals surface area (Å²) in [5, 5.41) is 0. The maximum Gasteiger partial charge on any atom is 0.279 e. The third-order valence-electron chi connectivity index (χ3n) is 2.99. The van der Waals surface area contributed by atoms with Crippen molar-refractivity contribution in [3.8, 4) is 0 Å². The Bertz CT molecular complexity index is 776. The molecule has 0 unspecified atom stereocenters. The molecule has 0 bridgehead atoms. The molecule has 6 nitrogen and oxygen atoms in total. The Morgan fingerprint density at radius 1 is 1.24 bits per heavy atom. The van der Waals surface area contributed by atoms with Gasteiger partial charge < -0.3 is 4.74 Å². The third-order valence-corrected chi connectivity index (χ3v) is 6.90. The minimum atomic E-state index is -4.06. The molecule has 1 aromatic heterocycles. The smallest absolute Gasteiger partial charge is 0.279 e. The SMILES string of the molecule is O=C1C=CC2(C=C1)OCC(=O)N2S(=O)(=O)c1ccc(Br)s1. The molecule has 0 radical (unpaired) electrons. The van der Waals surface area contributed by atoms with E-state index in [1.807, 2.05) is 0 Å². The molecular weight excluding hydrogens is 382 g/mol. The van der Waals surface area contributed by atoms with E-state index in [9.17, 15) is 18.0 Å². The van der Waals surface area contributed by atoms with Gasteiger partial charge in [-0.15, -0.1) is 11.3 Å². The Labute approximate surface area is 132 Å². The van der Waals surface area contributed by atoms with Crippen molar-refractivity contribution in [1.29, 1.82) is 0 Å². The number of nitrogens with zero attached hydrogens (tertiary/aromatic N) is 1. The fraction of sp³-hybridized carbons (Fsp3) is 0.167. The van der Waals surface area contributed by atoms with Crippen LogP contribution < -0.4 is 0 Å². The summed E-state index contributed by atoms with van der Waals surface area (Å²) in [6.45, 7) is -0.366. The van der Waals surface area contributed by atoms with Gasteiger partial charge in [-0.05, 0) is 52.4 Å². The van der Waals surface area contributed by atoms with Crippen LogP contribution in [0.25, 0.3) is 0 Å². The zero-order valence-electron chi connectivity index (χ0n) is 10.4. The molecule has 1 aromatic rings. The first kappa shape index (κ1) is 14.6. The lowest BCUT2D eigenvalue weighted by molar-refractivity contribution is -0.124. The number of amides is 1. The molecule has 1 fully saturated rings. The van der Waals surface area contributed by atoms with Crippen molar-refractivity contribution in [2.45, 2.75) is 9.93 Å². The molecule has 1 saturated heterocycles. The summed E-state index contributed by atoms with van der Waals surface area (Å²) in [7, 11) is -4.06. The number of carbonyl (C=O) groups is 2. The Morgan fingerprint density at radius 3 is 2.48 bits per heavy atom. The van der Waals surface area contributed by atoms with Gasteiger partial charge in [0, 0.05) is 0 Å². The molecule has 3 rings (SSSR count). The van der Waals surface area contributed by atoms with Crippen LogP contribution in [0.4, 0.5) is 0 Å². The largest absolute Gasteiger partial charge is 0.337 e. The molecule has 1 aliphatic carbocycles. The van der Waals surface area contributed by atoms with Crippen LogP contribution in [-0.2, 0) is 24.3 Å². The molecule has 1 amide bonds. The molecule has 21 heavy (non-hydrogen) atoms. The van der Waals surface area contributed by atoms with Gasteiger partial charge in [0.05, 0.1) is 3.79 Å². The Balaban J connectivity index is 2.11. The summed E-state index contributed by atoms with van der Waals surface area (Å²) in [6.07, 6.45) is 4.93. The van der Waals surface area contributed by atoms with Gasteiger partial charge >= 0.3 is 0 Å². The lowest BCUT2D eigenvalue weighted by atomic mass is 10.1. The average Bonchev–Trinajstić information content (AvgIpc) is 2.99. The lowest BCUT2D eigenvalue weighted by Crippen LogP contribution is -2.48. The first-order chi connectivity index (χ1) is 9.85. The van der Waals surface area contributed by atoms with Crippen molar-refractivity contribution in [2.75, 3.05) is 6.61 Å². The van der Waals surface area contributed by atoms with Crippen LogP contribution in [0.3, 0.4) is 0 Å². The van der Waals surface area contributed by atoms with Gasteiger partial charge in [-0.2, -0.15) is 12.7 Å². The highest BCUT2D eigenvalue weighted by Crippen LogP contribution is 2.37. The van der Waals surface area contributed by atoms with E-state index in [0.29, 0.717) is 8.09 Å². The highest BCUT2D eigenvalue weighted by atomic mass is 79.9. The second kappa shape index (κ2) is 4.87. The first-order valence-corrected chi connectivity index (χ1v) is 8.80. The van der Waals surface area contributed by atoms with Crippen molar-refractivity contribution in [3.05, 3.63) is 40.2 Å². The van der Waals surface area contributed by atoms with Crippen LogP contribution in [0, 0.1) is 0 Å². The monoisotopic (exact) mass is 389 g/mol. The summed E-state index contributed by atoms with van der Waals surface area (Å²) >= 11 is 4.19. The van der Waals surface area contributed by atoms with Gasteiger partial charge in [-0.1, -0.05) is 0 Å². The number of thiophene rings is 1. The molecule has 2 aliphatic rings. The van der Waals surface area contributed by atoms with E-state index in [1.165, 1.54) is 30.4 Å². The van der Waals surface area contributed by atoms with Crippen LogP contribution in [-0.4, -0.2) is 36.7 Å². The minimum absolute atomic E-state index is 0.0197. The molecule has 1 spiro atoms. The van der Waals surface area contributed by atoms with Crippen LogP contribution in [0.5, 0.6) is 0 Å². The summed E-state index contributed by atoms with van der Waals surface area (Å²) in [5.74, 6) is -0.969. The first-order valence-electron chi connectivity index (χ1n) is 5.75. The average molecular weight is 390 g/mol. The van der Waals surface area contributed by atoms with Crippen LogP contribution in [0.1, 0.15) is 0 Å². The number of ether oxygens (including phenoxy) is 1. The molecule has 0 N–H and O–H groups in total. The summed E-state index contributed by atoms with van der Waals surface area (Å²) < 4.78 is 32.0. The normalized spacial score (nSPS) is 20.7. The second-order valence-corrected chi connectivity index (χ2v) is 8.81. The molecule has 2 heterocycles. The number of ketones is 1. The molecule has 0 aromatic carbocycles. The summed E-state index contributed by atoms with van der Waals surface area (Å²) in [5.41, 5.74) is -1.56. The summed E-state index contributed by atoms with van der Waals surface area (Å²) in [4.78, 5) is 23.2. The molecular formula is C12H8BrNO5S2. The van der Waals surface area contributed by atoms with E-state index in [-0.39, 0.29) is 16.6 Å². The van der Waals surface area contributed by atoms with E-state index in [4.69, 9.17) is 4.74 Å². The topological polar surface area (TPSA) is 80.8 Å². The van der Waals surface area contributed by atoms with Crippen molar-refractivity contribution < 1.29 is 22.7 Å². The highest BCUT2D eigenvalue weighted by molar-refractivity contribution is 9.11. The van der Waals surface area contributed by atoms with Crippen molar-refractivity contribution >= 4 is 49.0 Å². The number of carbonyl (C=O) groups excluding carboxylic acids is 2. The lowest BCUT2D eigenvalue weighted by Gasteiger charge is -2.31. The van der Waals surface area contributed by atoms with Crippen molar-refractivity contribution in [1.82, 2.24) is 4.31 Å². The van der Waals surface area contributed by atoms with Crippen molar-refractivity contribution in [3.63, 3.8) is 0 Å². The second-order valence-electron chi connectivity index (χ2n) is 4.33. The van der Waals surface area contributed by atoms with Gasteiger partial charge in [-0.25, -0.2) is 0 Å². The maximum absolute atomic E-state index is 12.7. The van der Waals surface area contributed by atoms with Gasteiger partial charge in [-0.3, -0.25) is 9.59 Å². The van der Waals surface area contributed by atoms with E-state index < -0.39 is 21.7 Å². The zero-order valence-corrected chi connectivity index (χ0v) is 13.6. The molecule has 1 aliphatic heterocycles.